The maximum Gasteiger partial charge on any atom is 0.135 e. The number of carbonyl (C=O) groups is 1. The Hall–Kier alpha value is -0.450. The van der Waals surface area contributed by atoms with E-state index in [-0.39, 0.29) is 18.5 Å². The fourth-order valence-electron chi connectivity index (χ4n) is 1.90. The first-order chi connectivity index (χ1) is 7.02. The van der Waals surface area contributed by atoms with E-state index in [1.165, 1.54) is 0 Å². The largest absolute Gasteiger partial charge is 0.394 e. The standard InChI is InChI=1S/C11H20O4/c1-7(2)3-8(13)4-9-5-10(14)11(6-12)15-9/h7,9-12,14H,3-6H2,1-2H3/t9-,10-,11+/m0/s1. The molecule has 1 heterocycles. The number of hydrogen-bond donors (Lipinski definition) is 2. The monoisotopic (exact) mass is 216 g/mol. The lowest BCUT2D eigenvalue weighted by Gasteiger charge is -2.11. The molecule has 0 amide bonds. The Morgan fingerprint density at radius 2 is 2.20 bits per heavy atom. The lowest BCUT2D eigenvalue weighted by molar-refractivity contribution is -0.122. The van der Waals surface area contributed by atoms with Crippen molar-refractivity contribution in [3.63, 3.8) is 0 Å². The minimum absolute atomic E-state index is 0.167. The van der Waals surface area contributed by atoms with Crippen LogP contribution in [0.15, 0.2) is 0 Å². The zero-order valence-corrected chi connectivity index (χ0v) is 9.35. The first kappa shape index (κ1) is 12.6. The highest BCUT2D eigenvalue weighted by Crippen LogP contribution is 2.23. The van der Waals surface area contributed by atoms with E-state index in [9.17, 15) is 9.90 Å². The van der Waals surface area contributed by atoms with Crippen molar-refractivity contribution in [3.8, 4) is 0 Å². The molecule has 1 aliphatic rings. The minimum atomic E-state index is -0.633. The summed E-state index contributed by atoms with van der Waals surface area (Å²) in [6.45, 7) is 3.81. The highest BCUT2D eigenvalue weighted by Gasteiger charge is 2.34. The molecule has 1 saturated heterocycles. The van der Waals surface area contributed by atoms with Gasteiger partial charge in [0.05, 0.1) is 18.8 Å². The van der Waals surface area contributed by atoms with Crippen LogP contribution in [0.25, 0.3) is 0 Å². The number of rotatable bonds is 5. The smallest absolute Gasteiger partial charge is 0.135 e. The van der Waals surface area contributed by atoms with Crippen LogP contribution in [0.3, 0.4) is 0 Å². The Balaban J connectivity index is 2.32. The van der Waals surface area contributed by atoms with Crippen LogP contribution < -0.4 is 0 Å². The summed E-state index contributed by atoms with van der Waals surface area (Å²) < 4.78 is 5.35. The quantitative estimate of drug-likeness (QED) is 0.702. The molecule has 88 valence electrons. The fourth-order valence-corrected chi connectivity index (χ4v) is 1.90. The highest BCUT2D eigenvalue weighted by atomic mass is 16.5. The molecule has 0 radical (unpaired) electrons. The van der Waals surface area contributed by atoms with E-state index in [0.29, 0.717) is 25.2 Å². The number of hydrogen-bond acceptors (Lipinski definition) is 4. The first-order valence-electron chi connectivity index (χ1n) is 5.49. The molecule has 2 N–H and O–H groups in total. The van der Waals surface area contributed by atoms with Gasteiger partial charge >= 0.3 is 0 Å². The second kappa shape index (κ2) is 5.58. The van der Waals surface area contributed by atoms with Crippen LogP contribution in [0.2, 0.25) is 0 Å². The van der Waals surface area contributed by atoms with Gasteiger partial charge in [-0.15, -0.1) is 0 Å². The van der Waals surface area contributed by atoms with E-state index in [1.54, 1.807) is 0 Å². The predicted molar refractivity (Wildman–Crippen MR) is 55.4 cm³/mol. The molecule has 0 aliphatic carbocycles. The van der Waals surface area contributed by atoms with Gasteiger partial charge in [0, 0.05) is 19.3 Å². The molecule has 3 atom stereocenters. The topological polar surface area (TPSA) is 66.8 Å². The van der Waals surface area contributed by atoms with Crippen LogP contribution >= 0.6 is 0 Å². The number of aliphatic hydroxyl groups is 2. The maximum atomic E-state index is 11.5. The average Bonchev–Trinajstić information content (AvgIpc) is 2.44. The Morgan fingerprint density at radius 3 is 2.67 bits per heavy atom. The summed E-state index contributed by atoms with van der Waals surface area (Å²) in [5.41, 5.74) is 0. The van der Waals surface area contributed by atoms with Crippen molar-refractivity contribution in [1.82, 2.24) is 0 Å². The lowest BCUT2D eigenvalue weighted by atomic mass is 10.0. The Labute approximate surface area is 90.2 Å². The zero-order valence-electron chi connectivity index (χ0n) is 9.35. The van der Waals surface area contributed by atoms with Crippen molar-refractivity contribution in [2.24, 2.45) is 5.92 Å². The first-order valence-corrected chi connectivity index (χ1v) is 5.49. The molecule has 0 spiro atoms. The molecule has 4 heteroatoms. The number of aliphatic hydroxyl groups excluding tert-OH is 2. The zero-order chi connectivity index (χ0) is 11.4. The van der Waals surface area contributed by atoms with Gasteiger partial charge in [0.25, 0.3) is 0 Å². The molecule has 0 aromatic heterocycles. The van der Waals surface area contributed by atoms with E-state index in [2.05, 4.69) is 0 Å². The summed E-state index contributed by atoms with van der Waals surface area (Å²) in [5, 5.41) is 18.3. The molecular weight excluding hydrogens is 196 g/mol. The second-order valence-corrected chi connectivity index (χ2v) is 4.62. The summed E-state index contributed by atoms with van der Waals surface area (Å²) in [5.74, 6) is 0.526. The van der Waals surface area contributed by atoms with Crippen LogP contribution in [0.4, 0.5) is 0 Å². The van der Waals surface area contributed by atoms with Gasteiger partial charge in [-0.25, -0.2) is 0 Å². The van der Waals surface area contributed by atoms with E-state index >= 15 is 0 Å². The van der Waals surface area contributed by atoms with Gasteiger partial charge < -0.3 is 14.9 Å². The highest BCUT2D eigenvalue weighted by molar-refractivity contribution is 5.79. The van der Waals surface area contributed by atoms with Gasteiger partial charge in [0.15, 0.2) is 0 Å². The van der Waals surface area contributed by atoms with Crippen molar-refractivity contribution >= 4 is 5.78 Å². The predicted octanol–water partition coefficient (Wildman–Crippen LogP) is 0.502. The minimum Gasteiger partial charge on any atom is -0.394 e. The number of Topliss-reactive ketones (excluding diaryl/α,β-unsaturated/α-hetero) is 1. The molecule has 0 aromatic rings. The number of carbonyl (C=O) groups excluding carboxylic acids is 1. The summed E-state index contributed by atoms with van der Waals surface area (Å²) in [6.07, 6.45) is -0.00214. The molecule has 0 aromatic carbocycles. The van der Waals surface area contributed by atoms with Crippen LogP contribution in [0.5, 0.6) is 0 Å². The molecule has 15 heavy (non-hydrogen) atoms. The SMILES string of the molecule is CC(C)CC(=O)C[C@H]1C[C@H](O)[C@@H](CO)O1. The molecule has 1 rings (SSSR count). The fraction of sp³-hybridized carbons (Fsp3) is 0.909. The Morgan fingerprint density at radius 1 is 1.53 bits per heavy atom. The van der Waals surface area contributed by atoms with E-state index < -0.39 is 12.2 Å². The third kappa shape index (κ3) is 3.89. The molecule has 0 bridgehead atoms. The lowest BCUT2D eigenvalue weighted by Crippen LogP contribution is -2.24. The van der Waals surface area contributed by atoms with Gasteiger partial charge in [-0.05, 0) is 5.92 Å². The van der Waals surface area contributed by atoms with E-state index in [1.807, 2.05) is 13.8 Å². The molecule has 4 nitrogen and oxygen atoms in total. The average molecular weight is 216 g/mol. The number of ether oxygens (including phenoxy) is 1. The molecule has 1 aliphatic heterocycles. The van der Waals surface area contributed by atoms with Crippen molar-refractivity contribution in [2.75, 3.05) is 6.61 Å². The number of ketones is 1. The normalized spacial score (nSPS) is 31.1. The summed E-state index contributed by atoms with van der Waals surface area (Å²) in [7, 11) is 0. The molecule has 0 saturated carbocycles. The third-order valence-corrected chi connectivity index (χ3v) is 2.57. The van der Waals surface area contributed by atoms with Crippen LogP contribution in [0, 0.1) is 5.92 Å². The van der Waals surface area contributed by atoms with Crippen LogP contribution in [-0.2, 0) is 9.53 Å². The molecular formula is C11H20O4. The van der Waals surface area contributed by atoms with Crippen LogP contribution in [0.1, 0.15) is 33.1 Å². The van der Waals surface area contributed by atoms with Gasteiger partial charge in [0.1, 0.15) is 11.9 Å². The maximum absolute atomic E-state index is 11.5. The van der Waals surface area contributed by atoms with Crippen molar-refractivity contribution in [1.29, 1.82) is 0 Å². The van der Waals surface area contributed by atoms with E-state index in [4.69, 9.17) is 9.84 Å². The third-order valence-electron chi connectivity index (χ3n) is 2.57. The summed E-state index contributed by atoms with van der Waals surface area (Å²) in [4.78, 5) is 11.5. The van der Waals surface area contributed by atoms with Gasteiger partial charge in [-0.1, -0.05) is 13.8 Å². The summed E-state index contributed by atoms with van der Waals surface area (Å²) in [6, 6.07) is 0. The summed E-state index contributed by atoms with van der Waals surface area (Å²) >= 11 is 0. The van der Waals surface area contributed by atoms with Crippen LogP contribution in [-0.4, -0.2) is 40.9 Å². The Bertz CT molecular complexity index is 215. The second-order valence-electron chi connectivity index (χ2n) is 4.62. The molecule has 1 fully saturated rings. The Kier molecular flexibility index (Phi) is 4.70. The van der Waals surface area contributed by atoms with Gasteiger partial charge in [-0.2, -0.15) is 0 Å². The van der Waals surface area contributed by atoms with Crippen molar-refractivity contribution in [2.45, 2.75) is 51.4 Å². The van der Waals surface area contributed by atoms with Crippen molar-refractivity contribution < 1.29 is 19.7 Å². The van der Waals surface area contributed by atoms with Gasteiger partial charge in [0.2, 0.25) is 0 Å². The molecule has 0 unspecified atom stereocenters. The van der Waals surface area contributed by atoms with Crippen molar-refractivity contribution in [3.05, 3.63) is 0 Å². The van der Waals surface area contributed by atoms with E-state index in [0.717, 1.165) is 0 Å². The van der Waals surface area contributed by atoms with Gasteiger partial charge in [-0.3, -0.25) is 4.79 Å².